The first-order chi connectivity index (χ1) is 11.6. The van der Waals surface area contributed by atoms with Crippen molar-refractivity contribution < 1.29 is 9.53 Å². The summed E-state index contributed by atoms with van der Waals surface area (Å²) in [5.41, 5.74) is 0.555. The number of ether oxygens (including phenoxy) is 1. The molecule has 2 aliphatic rings. The fraction of sp³-hybridized carbons (Fsp3) is 0.579. The second-order valence-electron chi connectivity index (χ2n) is 7.02. The lowest BCUT2D eigenvalue weighted by atomic mass is 9.87. The molecule has 1 aromatic carbocycles. The van der Waals surface area contributed by atoms with Gasteiger partial charge in [-0.2, -0.15) is 5.26 Å². The molecule has 2 unspecified atom stereocenters. The van der Waals surface area contributed by atoms with Crippen molar-refractivity contribution in [2.75, 3.05) is 19.7 Å². The van der Waals surface area contributed by atoms with E-state index in [9.17, 15) is 10.1 Å². The SMILES string of the molecule is CC1CC(C(=O)NC2(C#N)CCN(Cc3ccccc3)CC2)CO1. The van der Waals surface area contributed by atoms with Crippen LogP contribution < -0.4 is 5.32 Å². The topological polar surface area (TPSA) is 65.4 Å². The molecule has 0 bridgehead atoms. The van der Waals surface area contributed by atoms with E-state index >= 15 is 0 Å². The van der Waals surface area contributed by atoms with E-state index in [1.807, 2.05) is 25.1 Å². The van der Waals surface area contributed by atoms with Crippen molar-refractivity contribution in [3.8, 4) is 6.07 Å². The number of carbonyl (C=O) groups is 1. The first-order valence-corrected chi connectivity index (χ1v) is 8.71. The van der Waals surface area contributed by atoms with E-state index in [0.29, 0.717) is 19.4 Å². The number of likely N-dealkylation sites (tertiary alicyclic amines) is 1. The highest BCUT2D eigenvalue weighted by Crippen LogP contribution is 2.25. The smallest absolute Gasteiger partial charge is 0.226 e. The molecule has 2 saturated heterocycles. The van der Waals surface area contributed by atoms with Gasteiger partial charge in [-0.25, -0.2) is 0 Å². The Hall–Kier alpha value is -1.90. The minimum absolute atomic E-state index is 0.0302. The van der Waals surface area contributed by atoms with Gasteiger partial charge < -0.3 is 10.1 Å². The summed E-state index contributed by atoms with van der Waals surface area (Å²) in [7, 11) is 0. The van der Waals surface area contributed by atoms with E-state index in [4.69, 9.17) is 4.74 Å². The molecule has 3 rings (SSSR count). The van der Waals surface area contributed by atoms with Crippen molar-refractivity contribution in [1.29, 1.82) is 5.26 Å². The third-order valence-electron chi connectivity index (χ3n) is 5.10. The van der Waals surface area contributed by atoms with Crippen LogP contribution in [0.5, 0.6) is 0 Å². The van der Waals surface area contributed by atoms with Crippen molar-refractivity contribution in [3.63, 3.8) is 0 Å². The average molecular weight is 327 g/mol. The Morgan fingerprint density at radius 2 is 2.08 bits per heavy atom. The maximum absolute atomic E-state index is 12.4. The molecule has 24 heavy (non-hydrogen) atoms. The van der Waals surface area contributed by atoms with Crippen molar-refractivity contribution in [1.82, 2.24) is 10.2 Å². The van der Waals surface area contributed by atoms with Gasteiger partial charge >= 0.3 is 0 Å². The van der Waals surface area contributed by atoms with Crippen LogP contribution in [0.25, 0.3) is 0 Å². The Labute approximate surface area is 143 Å². The van der Waals surface area contributed by atoms with E-state index in [1.54, 1.807) is 0 Å². The summed E-state index contributed by atoms with van der Waals surface area (Å²) in [6.07, 6.45) is 2.22. The number of nitrogens with zero attached hydrogens (tertiary/aromatic N) is 2. The van der Waals surface area contributed by atoms with Crippen LogP contribution in [0, 0.1) is 17.2 Å². The lowest BCUT2D eigenvalue weighted by molar-refractivity contribution is -0.126. The Morgan fingerprint density at radius 3 is 2.67 bits per heavy atom. The third kappa shape index (κ3) is 3.95. The predicted octanol–water partition coefficient (Wildman–Crippen LogP) is 2.09. The average Bonchev–Trinajstić information content (AvgIpc) is 3.04. The summed E-state index contributed by atoms with van der Waals surface area (Å²) < 4.78 is 5.47. The summed E-state index contributed by atoms with van der Waals surface area (Å²) in [5, 5.41) is 12.7. The number of nitrogens with one attached hydrogen (secondary N) is 1. The fourth-order valence-corrected chi connectivity index (χ4v) is 3.54. The van der Waals surface area contributed by atoms with Crippen LogP contribution in [0.1, 0.15) is 31.7 Å². The predicted molar refractivity (Wildman–Crippen MR) is 91.0 cm³/mol. The minimum Gasteiger partial charge on any atom is -0.378 e. The molecule has 2 atom stereocenters. The molecule has 5 heteroatoms. The Bertz CT molecular complexity index is 603. The van der Waals surface area contributed by atoms with Crippen LogP contribution in [0.4, 0.5) is 0 Å². The number of amides is 1. The molecule has 1 amide bonds. The summed E-state index contributed by atoms with van der Waals surface area (Å²) in [6, 6.07) is 12.7. The summed E-state index contributed by atoms with van der Waals surface area (Å²) >= 11 is 0. The number of nitriles is 1. The van der Waals surface area contributed by atoms with Gasteiger partial charge in [-0.3, -0.25) is 9.69 Å². The lowest BCUT2D eigenvalue weighted by Crippen LogP contribution is -2.55. The summed E-state index contributed by atoms with van der Waals surface area (Å²) in [6.45, 7) is 4.98. The van der Waals surface area contributed by atoms with Crippen molar-refractivity contribution in [2.45, 2.75) is 44.4 Å². The van der Waals surface area contributed by atoms with Crippen LogP contribution >= 0.6 is 0 Å². The fourth-order valence-electron chi connectivity index (χ4n) is 3.54. The molecule has 0 aliphatic carbocycles. The molecule has 0 saturated carbocycles. The van der Waals surface area contributed by atoms with Crippen LogP contribution in [-0.2, 0) is 16.1 Å². The molecular formula is C19H25N3O2. The maximum Gasteiger partial charge on any atom is 0.226 e. The van der Waals surface area contributed by atoms with Crippen LogP contribution in [0.3, 0.4) is 0 Å². The van der Waals surface area contributed by atoms with Gasteiger partial charge in [0.1, 0.15) is 5.54 Å². The van der Waals surface area contributed by atoms with E-state index in [1.165, 1.54) is 5.56 Å². The molecular weight excluding hydrogens is 302 g/mol. The standard InChI is InChI=1S/C19H25N3O2/c1-15-11-17(13-24-15)18(23)21-19(14-20)7-9-22(10-8-19)12-16-5-3-2-4-6-16/h2-6,15,17H,7-13H2,1H3,(H,21,23). The highest BCUT2D eigenvalue weighted by molar-refractivity contribution is 5.80. The zero-order valence-electron chi connectivity index (χ0n) is 14.2. The molecule has 0 radical (unpaired) electrons. The molecule has 1 aromatic rings. The van der Waals surface area contributed by atoms with Gasteiger partial charge in [0.25, 0.3) is 0 Å². The molecule has 0 aromatic heterocycles. The lowest BCUT2D eigenvalue weighted by Gasteiger charge is -2.38. The molecule has 2 aliphatic heterocycles. The van der Waals surface area contributed by atoms with Gasteiger partial charge in [-0.05, 0) is 31.7 Å². The van der Waals surface area contributed by atoms with Crippen LogP contribution in [0.2, 0.25) is 0 Å². The minimum atomic E-state index is -0.726. The first kappa shape index (κ1) is 16.9. The summed E-state index contributed by atoms with van der Waals surface area (Å²) in [4.78, 5) is 14.8. The monoisotopic (exact) mass is 327 g/mol. The Morgan fingerprint density at radius 1 is 1.38 bits per heavy atom. The molecule has 128 valence electrons. The van der Waals surface area contributed by atoms with Gasteiger partial charge in [0.05, 0.1) is 24.7 Å². The van der Waals surface area contributed by atoms with Gasteiger partial charge in [0.2, 0.25) is 5.91 Å². The van der Waals surface area contributed by atoms with Crippen molar-refractivity contribution in [2.24, 2.45) is 5.92 Å². The first-order valence-electron chi connectivity index (χ1n) is 8.71. The normalized spacial score (nSPS) is 26.7. The Kier molecular flexibility index (Phi) is 5.17. The van der Waals surface area contributed by atoms with Gasteiger partial charge in [0.15, 0.2) is 0 Å². The number of benzene rings is 1. The largest absolute Gasteiger partial charge is 0.378 e. The third-order valence-corrected chi connectivity index (χ3v) is 5.10. The van der Waals surface area contributed by atoms with Crippen molar-refractivity contribution >= 4 is 5.91 Å². The van der Waals surface area contributed by atoms with Crippen LogP contribution in [0.15, 0.2) is 30.3 Å². The zero-order chi connectivity index (χ0) is 17.0. The molecule has 5 nitrogen and oxygen atoms in total. The second kappa shape index (κ2) is 7.33. The number of rotatable bonds is 4. The van der Waals surface area contributed by atoms with E-state index in [0.717, 1.165) is 26.1 Å². The molecule has 2 fully saturated rings. The van der Waals surface area contributed by atoms with E-state index in [-0.39, 0.29) is 17.9 Å². The number of piperidine rings is 1. The van der Waals surface area contributed by atoms with Gasteiger partial charge in [0, 0.05) is 19.6 Å². The van der Waals surface area contributed by atoms with Crippen molar-refractivity contribution in [3.05, 3.63) is 35.9 Å². The van der Waals surface area contributed by atoms with E-state index in [2.05, 4.69) is 28.4 Å². The van der Waals surface area contributed by atoms with Gasteiger partial charge in [-0.15, -0.1) is 0 Å². The number of hydrogen-bond donors (Lipinski definition) is 1. The molecule has 1 N–H and O–H groups in total. The maximum atomic E-state index is 12.4. The molecule has 2 heterocycles. The number of carbonyl (C=O) groups excluding carboxylic acids is 1. The van der Waals surface area contributed by atoms with E-state index < -0.39 is 5.54 Å². The Balaban J connectivity index is 1.54. The highest BCUT2D eigenvalue weighted by Gasteiger charge is 2.39. The second-order valence-corrected chi connectivity index (χ2v) is 7.02. The molecule has 0 spiro atoms. The van der Waals surface area contributed by atoms with Gasteiger partial charge in [-0.1, -0.05) is 30.3 Å². The zero-order valence-corrected chi connectivity index (χ0v) is 14.2. The highest BCUT2D eigenvalue weighted by atomic mass is 16.5. The quantitative estimate of drug-likeness (QED) is 0.919. The number of hydrogen-bond acceptors (Lipinski definition) is 4. The summed E-state index contributed by atoms with van der Waals surface area (Å²) in [5.74, 6) is -0.148. The van der Waals surface area contributed by atoms with Crippen LogP contribution in [-0.4, -0.2) is 42.1 Å².